The number of aromatic carboxylic acids is 1. The zero-order chi connectivity index (χ0) is 12.3. The van der Waals surface area contributed by atoms with Gasteiger partial charge in [0.05, 0.1) is 5.56 Å². The molecule has 0 saturated carbocycles. The fraction of sp³-hybridized carbons (Fsp3) is 0.167. The molecule has 0 aliphatic carbocycles. The van der Waals surface area contributed by atoms with Gasteiger partial charge in [-0.2, -0.15) is 5.10 Å². The zero-order valence-electron chi connectivity index (χ0n) is 9.21. The number of carboxylic acids is 1. The first-order valence-corrected chi connectivity index (χ1v) is 5.26. The van der Waals surface area contributed by atoms with Gasteiger partial charge in [0.25, 0.3) is 0 Å². The number of nitrogens with zero attached hydrogens (tertiary/aromatic N) is 2. The first-order chi connectivity index (χ1) is 8.15. The Labute approximate surface area is 98.5 Å². The highest BCUT2D eigenvalue weighted by Gasteiger charge is 2.03. The molecule has 1 aromatic carbocycles. The quantitative estimate of drug-likeness (QED) is 0.833. The number of benzene rings is 1. The van der Waals surface area contributed by atoms with Crippen LogP contribution in [0.1, 0.15) is 15.9 Å². The Kier molecular flexibility index (Phi) is 3.09. The van der Waals surface area contributed by atoms with Crippen molar-refractivity contribution in [1.82, 2.24) is 9.78 Å². The van der Waals surface area contributed by atoms with E-state index in [1.807, 2.05) is 6.07 Å². The Morgan fingerprint density at radius 1 is 1.41 bits per heavy atom. The van der Waals surface area contributed by atoms with Crippen LogP contribution in [0.15, 0.2) is 36.5 Å². The molecule has 0 amide bonds. The third-order valence-electron chi connectivity index (χ3n) is 2.46. The molecule has 0 radical (unpaired) electrons. The van der Waals surface area contributed by atoms with E-state index >= 15 is 0 Å². The van der Waals surface area contributed by atoms with Gasteiger partial charge in [0.15, 0.2) is 0 Å². The molecule has 0 bridgehead atoms. The monoisotopic (exact) mass is 231 g/mol. The normalized spacial score (nSPS) is 10.4. The van der Waals surface area contributed by atoms with Crippen LogP contribution in [0.4, 0.5) is 5.82 Å². The molecule has 1 aromatic heterocycles. The van der Waals surface area contributed by atoms with Gasteiger partial charge in [-0.15, -0.1) is 0 Å². The van der Waals surface area contributed by atoms with Gasteiger partial charge in [-0.05, 0) is 30.2 Å². The Morgan fingerprint density at radius 3 is 2.88 bits per heavy atom. The minimum atomic E-state index is -0.907. The summed E-state index contributed by atoms with van der Waals surface area (Å²) in [6, 6.07) is 8.64. The summed E-state index contributed by atoms with van der Waals surface area (Å²) in [6.45, 7) is 0.681. The molecule has 0 aliphatic rings. The molecule has 0 atom stereocenters. The molecule has 1 heterocycles. The van der Waals surface area contributed by atoms with Crippen LogP contribution in [-0.4, -0.2) is 20.9 Å². The van der Waals surface area contributed by atoms with E-state index in [1.54, 1.807) is 35.1 Å². The topological polar surface area (TPSA) is 81.1 Å². The third kappa shape index (κ3) is 2.84. The molecule has 2 aromatic rings. The van der Waals surface area contributed by atoms with Crippen molar-refractivity contribution in [3.8, 4) is 0 Å². The van der Waals surface area contributed by atoms with E-state index < -0.39 is 5.97 Å². The fourth-order valence-electron chi connectivity index (χ4n) is 1.61. The number of carbonyl (C=O) groups is 1. The van der Waals surface area contributed by atoms with E-state index in [4.69, 9.17) is 10.8 Å². The number of aromatic nitrogens is 2. The van der Waals surface area contributed by atoms with Gasteiger partial charge >= 0.3 is 5.97 Å². The number of aryl methyl sites for hydroxylation is 2. The van der Waals surface area contributed by atoms with E-state index in [9.17, 15) is 4.79 Å². The lowest BCUT2D eigenvalue weighted by Gasteiger charge is -2.03. The van der Waals surface area contributed by atoms with Crippen molar-refractivity contribution >= 4 is 11.8 Å². The van der Waals surface area contributed by atoms with Crippen molar-refractivity contribution in [3.63, 3.8) is 0 Å². The van der Waals surface area contributed by atoms with E-state index in [0.717, 1.165) is 12.0 Å². The number of hydrogen-bond donors (Lipinski definition) is 2. The second-order valence-electron chi connectivity index (χ2n) is 3.76. The molecule has 17 heavy (non-hydrogen) atoms. The Hall–Kier alpha value is -2.30. The van der Waals surface area contributed by atoms with E-state index in [2.05, 4.69) is 5.10 Å². The summed E-state index contributed by atoms with van der Waals surface area (Å²) in [5.74, 6) is -0.417. The van der Waals surface area contributed by atoms with Crippen LogP contribution in [-0.2, 0) is 13.0 Å². The van der Waals surface area contributed by atoms with Crippen LogP contribution in [0.25, 0.3) is 0 Å². The molecule has 5 nitrogen and oxygen atoms in total. The van der Waals surface area contributed by atoms with Crippen LogP contribution in [0.3, 0.4) is 0 Å². The standard InChI is InChI=1S/C12H13N3O2/c13-11-5-7-15(14-11)6-4-9-2-1-3-10(8-9)12(16)17/h1-3,5,7-8H,4,6H2,(H2,13,14)(H,16,17). The number of nitrogen functional groups attached to an aromatic ring is 1. The molecule has 5 heteroatoms. The Morgan fingerprint density at radius 2 is 2.24 bits per heavy atom. The number of hydrogen-bond acceptors (Lipinski definition) is 3. The van der Waals surface area contributed by atoms with Crippen LogP contribution >= 0.6 is 0 Å². The minimum Gasteiger partial charge on any atom is -0.478 e. The lowest BCUT2D eigenvalue weighted by Crippen LogP contribution is -2.04. The SMILES string of the molecule is Nc1ccn(CCc2cccc(C(=O)O)c2)n1. The van der Waals surface area contributed by atoms with Gasteiger partial charge < -0.3 is 10.8 Å². The van der Waals surface area contributed by atoms with Crippen molar-refractivity contribution in [2.24, 2.45) is 0 Å². The number of anilines is 1. The van der Waals surface area contributed by atoms with E-state index in [0.29, 0.717) is 17.9 Å². The van der Waals surface area contributed by atoms with Crippen molar-refractivity contribution < 1.29 is 9.90 Å². The maximum Gasteiger partial charge on any atom is 0.335 e. The summed E-state index contributed by atoms with van der Waals surface area (Å²) in [5.41, 5.74) is 6.78. The summed E-state index contributed by atoms with van der Waals surface area (Å²) in [7, 11) is 0. The largest absolute Gasteiger partial charge is 0.478 e. The lowest BCUT2D eigenvalue weighted by atomic mass is 10.1. The highest BCUT2D eigenvalue weighted by atomic mass is 16.4. The average molecular weight is 231 g/mol. The van der Waals surface area contributed by atoms with Gasteiger partial charge in [-0.25, -0.2) is 4.79 Å². The van der Waals surface area contributed by atoms with Crippen molar-refractivity contribution in [2.45, 2.75) is 13.0 Å². The van der Waals surface area contributed by atoms with E-state index in [-0.39, 0.29) is 0 Å². The molecule has 3 N–H and O–H groups in total. The van der Waals surface area contributed by atoms with Crippen molar-refractivity contribution in [2.75, 3.05) is 5.73 Å². The van der Waals surface area contributed by atoms with Gasteiger partial charge in [0, 0.05) is 12.7 Å². The van der Waals surface area contributed by atoms with Crippen molar-refractivity contribution in [3.05, 3.63) is 47.7 Å². The lowest BCUT2D eigenvalue weighted by molar-refractivity contribution is 0.0697. The van der Waals surface area contributed by atoms with Crippen LogP contribution in [0.2, 0.25) is 0 Å². The molecule has 0 saturated heterocycles. The van der Waals surface area contributed by atoms with Gasteiger partial charge in [0.2, 0.25) is 0 Å². The van der Waals surface area contributed by atoms with Gasteiger partial charge in [-0.1, -0.05) is 12.1 Å². The maximum absolute atomic E-state index is 10.8. The smallest absolute Gasteiger partial charge is 0.335 e. The number of rotatable bonds is 4. The minimum absolute atomic E-state index is 0.308. The van der Waals surface area contributed by atoms with Crippen LogP contribution in [0, 0.1) is 0 Å². The van der Waals surface area contributed by atoms with E-state index in [1.165, 1.54) is 0 Å². The van der Waals surface area contributed by atoms with Crippen molar-refractivity contribution in [1.29, 1.82) is 0 Å². The number of carboxylic acid groups (broad SMARTS) is 1. The van der Waals surface area contributed by atoms with Crippen LogP contribution < -0.4 is 5.73 Å². The van der Waals surface area contributed by atoms with Gasteiger partial charge in [0.1, 0.15) is 5.82 Å². The first-order valence-electron chi connectivity index (χ1n) is 5.26. The summed E-state index contributed by atoms with van der Waals surface area (Å²) in [6.07, 6.45) is 2.53. The second kappa shape index (κ2) is 4.69. The highest BCUT2D eigenvalue weighted by Crippen LogP contribution is 2.07. The molecule has 0 spiro atoms. The summed E-state index contributed by atoms with van der Waals surface area (Å²) < 4.78 is 1.74. The summed E-state index contributed by atoms with van der Waals surface area (Å²) >= 11 is 0. The highest BCUT2D eigenvalue weighted by molar-refractivity contribution is 5.87. The molecule has 88 valence electrons. The Bertz CT molecular complexity index is 534. The fourth-order valence-corrected chi connectivity index (χ4v) is 1.61. The summed E-state index contributed by atoms with van der Waals surface area (Å²) in [5, 5.41) is 12.9. The predicted octanol–water partition coefficient (Wildman–Crippen LogP) is 1.41. The second-order valence-corrected chi connectivity index (χ2v) is 3.76. The molecular formula is C12H13N3O2. The zero-order valence-corrected chi connectivity index (χ0v) is 9.21. The molecule has 0 unspecified atom stereocenters. The third-order valence-corrected chi connectivity index (χ3v) is 2.46. The predicted molar refractivity (Wildman–Crippen MR) is 63.7 cm³/mol. The maximum atomic E-state index is 10.8. The van der Waals surface area contributed by atoms with Gasteiger partial charge in [-0.3, -0.25) is 4.68 Å². The number of nitrogens with two attached hydrogens (primary N) is 1. The molecule has 0 aliphatic heterocycles. The molecular weight excluding hydrogens is 218 g/mol. The summed E-state index contributed by atoms with van der Waals surface area (Å²) in [4.78, 5) is 10.8. The first kappa shape index (κ1) is 11.2. The molecule has 0 fully saturated rings. The molecule has 2 rings (SSSR count). The van der Waals surface area contributed by atoms with Crippen LogP contribution in [0.5, 0.6) is 0 Å². The average Bonchev–Trinajstić information content (AvgIpc) is 2.73. The Balaban J connectivity index is 2.04.